The summed E-state index contributed by atoms with van der Waals surface area (Å²) in [5.74, 6) is -0.586. The van der Waals surface area contributed by atoms with Crippen molar-refractivity contribution in [3.8, 4) is 0 Å². The SMILES string of the molecule is Fc1c(Cl)cc(NCc2csc(Br)c2)cc1Cl. The Kier molecular flexibility index (Phi) is 4.31. The molecule has 0 saturated heterocycles. The molecule has 6 heteroatoms. The Labute approximate surface area is 121 Å². The Bertz CT molecular complexity index is 521. The Hall–Kier alpha value is -0.290. The molecule has 0 fully saturated rings. The molecule has 0 amide bonds. The maximum atomic E-state index is 13.2. The fraction of sp³-hybridized carbons (Fsp3) is 0.0909. The molecular weight excluding hydrogens is 348 g/mol. The van der Waals surface area contributed by atoms with Crippen molar-refractivity contribution in [3.05, 3.63) is 48.8 Å². The summed E-state index contributed by atoms with van der Waals surface area (Å²) in [5.41, 5.74) is 1.84. The second kappa shape index (κ2) is 5.57. The second-order valence-electron chi connectivity index (χ2n) is 3.37. The molecule has 90 valence electrons. The molecule has 0 unspecified atom stereocenters. The number of halogens is 4. The van der Waals surface area contributed by atoms with E-state index in [1.807, 2.05) is 11.4 Å². The van der Waals surface area contributed by atoms with Crippen molar-refractivity contribution >= 4 is 56.2 Å². The van der Waals surface area contributed by atoms with E-state index in [2.05, 4.69) is 21.2 Å². The Balaban J connectivity index is 2.09. The van der Waals surface area contributed by atoms with Crippen molar-refractivity contribution < 1.29 is 4.39 Å². The summed E-state index contributed by atoms with van der Waals surface area (Å²) in [5, 5.41) is 5.20. The van der Waals surface area contributed by atoms with Crippen molar-refractivity contribution in [2.75, 3.05) is 5.32 Å². The lowest BCUT2D eigenvalue weighted by molar-refractivity contribution is 0.629. The Morgan fingerprint density at radius 1 is 1.24 bits per heavy atom. The van der Waals surface area contributed by atoms with E-state index in [9.17, 15) is 4.39 Å². The fourth-order valence-electron chi connectivity index (χ4n) is 1.30. The summed E-state index contributed by atoms with van der Waals surface area (Å²) in [6.45, 7) is 0.639. The lowest BCUT2D eigenvalue weighted by atomic mass is 10.3. The zero-order chi connectivity index (χ0) is 12.4. The summed E-state index contributed by atoms with van der Waals surface area (Å²) in [6.07, 6.45) is 0. The van der Waals surface area contributed by atoms with Crippen molar-refractivity contribution in [2.24, 2.45) is 0 Å². The average Bonchev–Trinajstić information content (AvgIpc) is 2.69. The molecule has 1 nitrogen and oxygen atoms in total. The van der Waals surface area contributed by atoms with E-state index in [0.717, 1.165) is 9.35 Å². The van der Waals surface area contributed by atoms with Gasteiger partial charge in [-0.15, -0.1) is 11.3 Å². The molecule has 0 aliphatic heterocycles. The zero-order valence-corrected chi connectivity index (χ0v) is 12.4. The Morgan fingerprint density at radius 3 is 2.41 bits per heavy atom. The number of benzene rings is 1. The van der Waals surface area contributed by atoms with E-state index in [-0.39, 0.29) is 10.0 Å². The van der Waals surface area contributed by atoms with Gasteiger partial charge in [0.05, 0.1) is 13.8 Å². The van der Waals surface area contributed by atoms with Crippen molar-refractivity contribution in [2.45, 2.75) is 6.54 Å². The van der Waals surface area contributed by atoms with Crippen LogP contribution in [0, 0.1) is 5.82 Å². The maximum Gasteiger partial charge on any atom is 0.160 e. The summed E-state index contributed by atoms with van der Waals surface area (Å²) < 4.78 is 14.3. The molecule has 0 bridgehead atoms. The molecule has 0 aliphatic rings. The first kappa shape index (κ1) is 13.1. The van der Waals surface area contributed by atoms with Gasteiger partial charge in [-0.3, -0.25) is 0 Å². The quantitative estimate of drug-likeness (QED) is 0.710. The molecule has 0 atom stereocenters. The van der Waals surface area contributed by atoms with Crippen LogP contribution in [-0.2, 0) is 6.54 Å². The first-order valence-corrected chi connectivity index (χ1v) is 7.10. The predicted octanol–water partition coefficient (Wildman–Crippen LogP) is 5.57. The van der Waals surface area contributed by atoms with Gasteiger partial charge in [-0.2, -0.15) is 0 Å². The van der Waals surface area contributed by atoms with Crippen molar-refractivity contribution in [1.29, 1.82) is 0 Å². The van der Waals surface area contributed by atoms with Crippen LogP contribution in [-0.4, -0.2) is 0 Å². The predicted molar refractivity (Wildman–Crippen MR) is 75.8 cm³/mol. The van der Waals surface area contributed by atoms with Crippen LogP contribution in [0.4, 0.5) is 10.1 Å². The molecule has 0 aliphatic carbocycles. The highest BCUT2D eigenvalue weighted by Crippen LogP contribution is 2.28. The van der Waals surface area contributed by atoms with Gasteiger partial charge in [0.15, 0.2) is 5.82 Å². The molecule has 17 heavy (non-hydrogen) atoms. The van der Waals surface area contributed by atoms with Gasteiger partial charge in [0.1, 0.15) is 0 Å². The van der Waals surface area contributed by atoms with E-state index >= 15 is 0 Å². The third-order valence-electron chi connectivity index (χ3n) is 2.10. The first-order valence-electron chi connectivity index (χ1n) is 4.67. The lowest BCUT2D eigenvalue weighted by Crippen LogP contribution is -1.98. The normalized spacial score (nSPS) is 10.6. The molecule has 1 aromatic heterocycles. The molecule has 2 rings (SSSR count). The molecule has 1 heterocycles. The second-order valence-corrected chi connectivity index (χ2v) is 6.47. The molecule has 0 saturated carbocycles. The van der Waals surface area contributed by atoms with E-state index in [4.69, 9.17) is 23.2 Å². The molecule has 0 radical (unpaired) electrons. The topological polar surface area (TPSA) is 12.0 Å². The monoisotopic (exact) mass is 353 g/mol. The van der Waals surface area contributed by atoms with Gasteiger partial charge in [-0.1, -0.05) is 23.2 Å². The number of nitrogens with one attached hydrogen (secondary N) is 1. The minimum absolute atomic E-state index is 0.0199. The van der Waals surface area contributed by atoms with Crippen LogP contribution in [0.5, 0.6) is 0 Å². The van der Waals surface area contributed by atoms with Gasteiger partial charge in [0, 0.05) is 12.2 Å². The smallest absolute Gasteiger partial charge is 0.160 e. The van der Waals surface area contributed by atoms with E-state index < -0.39 is 5.82 Å². The minimum Gasteiger partial charge on any atom is -0.381 e. The summed E-state index contributed by atoms with van der Waals surface area (Å²) in [6, 6.07) is 5.05. The summed E-state index contributed by atoms with van der Waals surface area (Å²) in [4.78, 5) is 0. The number of hydrogen-bond acceptors (Lipinski definition) is 2. The largest absolute Gasteiger partial charge is 0.381 e. The number of hydrogen-bond donors (Lipinski definition) is 1. The molecule has 1 aromatic carbocycles. The maximum absolute atomic E-state index is 13.2. The number of thiophene rings is 1. The molecule has 0 spiro atoms. The van der Waals surface area contributed by atoms with E-state index in [1.54, 1.807) is 11.3 Å². The summed E-state index contributed by atoms with van der Waals surface area (Å²) in [7, 11) is 0. The standard InChI is InChI=1S/C11H7BrCl2FNS/c12-10-1-6(5-17-10)4-16-7-2-8(13)11(15)9(14)3-7/h1-3,5,16H,4H2. The third-order valence-corrected chi connectivity index (χ3v) is 4.21. The third kappa shape index (κ3) is 3.35. The van der Waals surface area contributed by atoms with Crippen LogP contribution in [0.1, 0.15) is 5.56 Å². The van der Waals surface area contributed by atoms with Crippen molar-refractivity contribution in [3.63, 3.8) is 0 Å². The number of anilines is 1. The Morgan fingerprint density at radius 2 is 1.88 bits per heavy atom. The van der Waals surface area contributed by atoms with Gasteiger partial charge < -0.3 is 5.32 Å². The first-order chi connectivity index (χ1) is 8.06. The molecular formula is C11H7BrCl2FNS. The zero-order valence-electron chi connectivity index (χ0n) is 8.44. The molecule has 2 aromatic rings. The fourth-order valence-corrected chi connectivity index (χ4v) is 3.00. The van der Waals surface area contributed by atoms with Crippen LogP contribution in [0.2, 0.25) is 10.0 Å². The van der Waals surface area contributed by atoms with Gasteiger partial charge in [0.2, 0.25) is 0 Å². The van der Waals surface area contributed by atoms with Crippen LogP contribution in [0.25, 0.3) is 0 Å². The number of rotatable bonds is 3. The van der Waals surface area contributed by atoms with Crippen LogP contribution in [0.15, 0.2) is 27.4 Å². The highest BCUT2D eigenvalue weighted by molar-refractivity contribution is 9.11. The van der Waals surface area contributed by atoms with Gasteiger partial charge >= 0.3 is 0 Å². The summed E-state index contributed by atoms with van der Waals surface area (Å²) >= 11 is 16.4. The van der Waals surface area contributed by atoms with Gasteiger partial charge in [-0.25, -0.2) is 4.39 Å². The van der Waals surface area contributed by atoms with E-state index in [1.165, 1.54) is 12.1 Å². The lowest BCUT2D eigenvalue weighted by Gasteiger charge is -2.07. The highest BCUT2D eigenvalue weighted by atomic mass is 79.9. The van der Waals surface area contributed by atoms with Crippen LogP contribution < -0.4 is 5.32 Å². The van der Waals surface area contributed by atoms with Gasteiger partial charge in [-0.05, 0) is 45.1 Å². The van der Waals surface area contributed by atoms with Crippen LogP contribution in [0.3, 0.4) is 0 Å². The average molecular weight is 355 g/mol. The highest BCUT2D eigenvalue weighted by Gasteiger charge is 2.07. The van der Waals surface area contributed by atoms with Crippen LogP contribution >= 0.6 is 50.5 Å². The van der Waals surface area contributed by atoms with E-state index in [0.29, 0.717) is 12.2 Å². The van der Waals surface area contributed by atoms with Crippen molar-refractivity contribution in [1.82, 2.24) is 0 Å². The minimum atomic E-state index is -0.586. The van der Waals surface area contributed by atoms with Gasteiger partial charge in [0.25, 0.3) is 0 Å². The molecule has 1 N–H and O–H groups in total.